The minimum atomic E-state index is -0.201. The van der Waals surface area contributed by atoms with Gasteiger partial charge in [0.2, 0.25) is 0 Å². The number of rotatable bonds is 7. The van der Waals surface area contributed by atoms with E-state index in [9.17, 15) is 4.79 Å². The average Bonchev–Trinajstić information content (AvgIpc) is 2.68. The standard InChI is InChI=1S/C21H18Br2N2O2/c22-16-5-9-18(10-6-16)24-13-15-3-1-2-4-20(15)27-14-21(26)25-19-11-7-17(23)8-12-19/h1-12,24H,13-14H2,(H,25,26). The van der Waals surface area contributed by atoms with Crippen LogP contribution in [0.4, 0.5) is 11.4 Å². The number of halogens is 2. The topological polar surface area (TPSA) is 50.4 Å². The molecule has 3 aromatic rings. The molecule has 2 N–H and O–H groups in total. The van der Waals surface area contributed by atoms with Crippen LogP contribution in [0, 0.1) is 0 Å². The van der Waals surface area contributed by atoms with Crippen molar-refractivity contribution in [2.45, 2.75) is 6.54 Å². The van der Waals surface area contributed by atoms with Gasteiger partial charge < -0.3 is 15.4 Å². The molecule has 6 heteroatoms. The van der Waals surface area contributed by atoms with Gasteiger partial charge >= 0.3 is 0 Å². The van der Waals surface area contributed by atoms with Crippen molar-refractivity contribution >= 4 is 49.1 Å². The Kier molecular flexibility index (Phi) is 6.90. The maximum atomic E-state index is 12.1. The summed E-state index contributed by atoms with van der Waals surface area (Å²) in [6, 6.07) is 23.1. The molecule has 0 heterocycles. The molecule has 0 aliphatic heterocycles. The van der Waals surface area contributed by atoms with E-state index in [1.54, 1.807) is 0 Å². The first-order chi connectivity index (χ1) is 13.1. The molecule has 0 saturated heterocycles. The molecule has 4 nitrogen and oxygen atoms in total. The monoisotopic (exact) mass is 488 g/mol. The molecule has 3 aromatic carbocycles. The van der Waals surface area contributed by atoms with Crippen LogP contribution in [0.1, 0.15) is 5.56 Å². The molecule has 0 unspecified atom stereocenters. The van der Waals surface area contributed by atoms with Gasteiger partial charge in [-0.2, -0.15) is 0 Å². The zero-order valence-electron chi connectivity index (χ0n) is 14.4. The zero-order valence-corrected chi connectivity index (χ0v) is 17.6. The van der Waals surface area contributed by atoms with Crippen LogP contribution in [0.2, 0.25) is 0 Å². The minimum Gasteiger partial charge on any atom is -0.483 e. The molecule has 138 valence electrons. The van der Waals surface area contributed by atoms with Crippen molar-refractivity contribution in [1.29, 1.82) is 0 Å². The van der Waals surface area contributed by atoms with Crippen molar-refractivity contribution in [3.63, 3.8) is 0 Å². The van der Waals surface area contributed by atoms with Gasteiger partial charge in [0, 0.05) is 32.4 Å². The molecule has 0 bridgehead atoms. The van der Waals surface area contributed by atoms with Crippen LogP contribution >= 0.6 is 31.9 Å². The van der Waals surface area contributed by atoms with E-state index in [2.05, 4.69) is 42.5 Å². The maximum absolute atomic E-state index is 12.1. The average molecular weight is 490 g/mol. The predicted octanol–water partition coefficient (Wildman–Crippen LogP) is 5.84. The first-order valence-corrected chi connectivity index (χ1v) is 9.94. The molecule has 3 rings (SSSR count). The van der Waals surface area contributed by atoms with E-state index in [4.69, 9.17) is 4.74 Å². The quantitative estimate of drug-likeness (QED) is 0.438. The summed E-state index contributed by atoms with van der Waals surface area (Å²) in [5, 5.41) is 6.17. The summed E-state index contributed by atoms with van der Waals surface area (Å²) < 4.78 is 7.73. The number of benzene rings is 3. The Hall–Kier alpha value is -2.31. The number of carbonyl (C=O) groups excluding carboxylic acids is 1. The van der Waals surface area contributed by atoms with E-state index < -0.39 is 0 Å². The van der Waals surface area contributed by atoms with Crippen molar-refractivity contribution in [2.75, 3.05) is 17.2 Å². The highest BCUT2D eigenvalue weighted by molar-refractivity contribution is 9.10. The third kappa shape index (κ3) is 6.12. The number of hydrogen-bond acceptors (Lipinski definition) is 3. The second kappa shape index (κ2) is 9.58. The Morgan fingerprint density at radius 3 is 2.07 bits per heavy atom. The highest BCUT2D eigenvalue weighted by Gasteiger charge is 2.07. The van der Waals surface area contributed by atoms with Crippen molar-refractivity contribution in [1.82, 2.24) is 0 Å². The Balaban J connectivity index is 1.56. The maximum Gasteiger partial charge on any atom is 0.262 e. The van der Waals surface area contributed by atoms with E-state index in [0.717, 1.165) is 25.9 Å². The third-order valence-corrected chi connectivity index (χ3v) is 4.84. The molecule has 0 aliphatic rings. The number of ether oxygens (including phenoxy) is 1. The lowest BCUT2D eigenvalue weighted by Crippen LogP contribution is -2.20. The summed E-state index contributed by atoms with van der Waals surface area (Å²) in [6.45, 7) is 0.553. The molecule has 0 saturated carbocycles. The fourth-order valence-corrected chi connectivity index (χ4v) is 2.96. The highest BCUT2D eigenvalue weighted by Crippen LogP contribution is 2.21. The van der Waals surface area contributed by atoms with Crippen molar-refractivity contribution in [3.05, 3.63) is 87.3 Å². The molecule has 0 aliphatic carbocycles. The van der Waals surface area contributed by atoms with Crippen LogP contribution in [-0.2, 0) is 11.3 Å². The van der Waals surface area contributed by atoms with Gasteiger partial charge in [0.05, 0.1) is 0 Å². The molecule has 0 spiro atoms. The van der Waals surface area contributed by atoms with Crippen LogP contribution in [0.3, 0.4) is 0 Å². The van der Waals surface area contributed by atoms with Gasteiger partial charge in [-0.3, -0.25) is 4.79 Å². The Bertz CT molecular complexity index is 897. The van der Waals surface area contributed by atoms with Gasteiger partial charge in [-0.1, -0.05) is 50.1 Å². The Labute approximate surface area is 175 Å². The Morgan fingerprint density at radius 2 is 1.41 bits per heavy atom. The number of anilines is 2. The molecule has 0 fully saturated rings. The number of amides is 1. The number of para-hydroxylation sites is 1. The highest BCUT2D eigenvalue weighted by atomic mass is 79.9. The van der Waals surface area contributed by atoms with E-state index in [-0.39, 0.29) is 12.5 Å². The summed E-state index contributed by atoms with van der Waals surface area (Å²) in [5.74, 6) is 0.487. The summed E-state index contributed by atoms with van der Waals surface area (Å²) in [6.07, 6.45) is 0. The predicted molar refractivity (Wildman–Crippen MR) is 116 cm³/mol. The van der Waals surface area contributed by atoms with Crippen molar-refractivity contribution < 1.29 is 9.53 Å². The summed E-state index contributed by atoms with van der Waals surface area (Å²) in [5.41, 5.74) is 2.73. The second-order valence-electron chi connectivity index (χ2n) is 5.81. The zero-order chi connectivity index (χ0) is 19.1. The largest absolute Gasteiger partial charge is 0.483 e. The van der Waals surface area contributed by atoms with Crippen LogP contribution in [0.25, 0.3) is 0 Å². The normalized spacial score (nSPS) is 10.3. The van der Waals surface area contributed by atoms with Crippen molar-refractivity contribution in [3.8, 4) is 5.75 Å². The minimum absolute atomic E-state index is 0.0502. The fraction of sp³-hybridized carbons (Fsp3) is 0.0952. The van der Waals surface area contributed by atoms with Crippen LogP contribution < -0.4 is 15.4 Å². The number of nitrogens with one attached hydrogen (secondary N) is 2. The smallest absolute Gasteiger partial charge is 0.262 e. The molecule has 0 aromatic heterocycles. The van der Waals surface area contributed by atoms with Crippen molar-refractivity contribution in [2.24, 2.45) is 0 Å². The molecule has 0 atom stereocenters. The van der Waals surface area contributed by atoms with Gasteiger partial charge in [-0.05, 0) is 54.6 Å². The van der Waals surface area contributed by atoms with Crippen LogP contribution in [0.5, 0.6) is 5.75 Å². The van der Waals surface area contributed by atoms with Gasteiger partial charge in [0.1, 0.15) is 5.75 Å². The van der Waals surface area contributed by atoms with Gasteiger partial charge in [-0.25, -0.2) is 0 Å². The van der Waals surface area contributed by atoms with E-state index >= 15 is 0 Å². The summed E-state index contributed by atoms with van der Waals surface area (Å²) in [7, 11) is 0. The first kappa shape index (κ1) is 19.5. The lowest BCUT2D eigenvalue weighted by molar-refractivity contribution is -0.118. The fourth-order valence-electron chi connectivity index (χ4n) is 2.43. The molecule has 27 heavy (non-hydrogen) atoms. The first-order valence-electron chi connectivity index (χ1n) is 8.36. The van der Waals surface area contributed by atoms with E-state index in [1.165, 1.54) is 0 Å². The Morgan fingerprint density at radius 1 is 0.815 bits per heavy atom. The lowest BCUT2D eigenvalue weighted by atomic mass is 10.2. The second-order valence-corrected chi connectivity index (χ2v) is 7.64. The van der Waals surface area contributed by atoms with Crippen LogP contribution in [0.15, 0.2) is 81.7 Å². The molecular weight excluding hydrogens is 472 g/mol. The van der Waals surface area contributed by atoms with Gasteiger partial charge in [0.25, 0.3) is 5.91 Å². The SMILES string of the molecule is O=C(COc1ccccc1CNc1ccc(Br)cc1)Nc1ccc(Br)cc1. The third-order valence-electron chi connectivity index (χ3n) is 3.79. The van der Waals surface area contributed by atoms with Gasteiger partial charge in [-0.15, -0.1) is 0 Å². The molecule has 0 radical (unpaired) electrons. The summed E-state index contributed by atoms with van der Waals surface area (Å²) >= 11 is 6.80. The molecular formula is C21H18Br2N2O2. The molecule has 1 amide bonds. The van der Waals surface area contributed by atoms with Gasteiger partial charge in [0.15, 0.2) is 6.61 Å². The van der Waals surface area contributed by atoms with E-state index in [0.29, 0.717) is 12.3 Å². The lowest BCUT2D eigenvalue weighted by Gasteiger charge is -2.13. The number of hydrogen-bond donors (Lipinski definition) is 2. The van der Waals surface area contributed by atoms with E-state index in [1.807, 2.05) is 72.8 Å². The number of carbonyl (C=O) groups is 1. The van der Waals surface area contributed by atoms with Crippen LogP contribution in [-0.4, -0.2) is 12.5 Å². The summed E-state index contributed by atoms with van der Waals surface area (Å²) in [4.78, 5) is 12.1.